The number of carbonyl (C=O) groups excluding carboxylic acids is 1. The molecule has 1 amide bonds. The van der Waals surface area contributed by atoms with Gasteiger partial charge >= 0.3 is 6.01 Å². The Kier molecular flexibility index (Phi) is 4.05. The third-order valence-corrected chi connectivity index (χ3v) is 4.39. The summed E-state index contributed by atoms with van der Waals surface area (Å²) in [5.41, 5.74) is 2.14. The van der Waals surface area contributed by atoms with E-state index in [2.05, 4.69) is 15.0 Å². The molecule has 7 nitrogen and oxygen atoms in total. The monoisotopic (exact) mass is 337 g/mol. The molecule has 0 spiro atoms. The van der Waals surface area contributed by atoms with Crippen LogP contribution in [-0.2, 0) is 0 Å². The van der Waals surface area contributed by atoms with Gasteiger partial charge in [-0.15, -0.1) is 0 Å². The van der Waals surface area contributed by atoms with Gasteiger partial charge in [0.15, 0.2) is 0 Å². The van der Waals surface area contributed by atoms with Crippen LogP contribution in [0.3, 0.4) is 0 Å². The summed E-state index contributed by atoms with van der Waals surface area (Å²) in [6, 6.07) is 7.82. The molecular formula is C18H19N5O2. The minimum Gasteiger partial charge on any atom is -0.458 e. The van der Waals surface area contributed by atoms with Crippen molar-refractivity contribution in [2.75, 3.05) is 13.1 Å². The Morgan fingerprint density at radius 1 is 1.24 bits per heavy atom. The first-order valence-corrected chi connectivity index (χ1v) is 8.39. The smallest absolute Gasteiger partial charge is 0.316 e. The van der Waals surface area contributed by atoms with Crippen molar-refractivity contribution in [3.63, 3.8) is 0 Å². The second-order valence-corrected chi connectivity index (χ2v) is 6.14. The van der Waals surface area contributed by atoms with Crippen LogP contribution in [0, 0.1) is 6.92 Å². The number of rotatable bonds is 3. The zero-order chi connectivity index (χ0) is 17.2. The Morgan fingerprint density at radius 3 is 2.92 bits per heavy atom. The molecule has 1 unspecified atom stereocenters. The van der Waals surface area contributed by atoms with Crippen LogP contribution in [0.4, 0.5) is 0 Å². The zero-order valence-electron chi connectivity index (χ0n) is 14.0. The van der Waals surface area contributed by atoms with Gasteiger partial charge in [0.25, 0.3) is 5.91 Å². The maximum Gasteiger partial charge on any atom is 0.316 e. The molecule has 4 rings (SSSR count). The van der Waals surface area contributed by atoms with Gasteiger partial charge in [-0.2, -0.15) is 0 Å². The van der Waals surface area contributed by atoms with E-state index in [1.54, 1.807) is 18.5 Å². The van der Waals surface area contributed by atoms with Crippen molar-refractivity contribution in [2.24, 2.45) is 0 Å². The largest absolute Gasteiger partial charge is 0.458 e. The van der Waals surface area contributed by atoms with Crippen molar-refractivity contribution in [3.05, 3.63) is 54.2 Å². The summed E-state index contributed by atoms with van der Waals surface area (Å²) < 4.78 is 7.68. The second kappa shape index (κ2) is 6.51. The van der Waals surface area contributed by atoms with Crippen LogP contribution in [-0.4, -0.2) is 49.4 Å². The summed E-state index contributed by atoms with van der Waals surface area (Å²) in [5.74, 6) is -0.0153. The number of aromatic nitrogens is 4. The number of hydrogen-bond acceptors (Lipinski definition) is 5. The number of fused-ring (bicyclic) bond motifs is 1. The lowest BCUT2D eigenvalue weighted by Gasteiger charge is -2.32. The maximum atomic E-state index is 13.1. The van der Waals surface area contributed by atoms with Gasteiger partial charge in [0.05, 0.1) is 12.2 Å². The third kappa shape index (κ3) is 3.05. The number of amides is 1. The highest BCUT2D eigenvalue weighted by molar-refractivity contribution is 5.94. The summed E-state index contributed by atoms with van der Waals surface area (Å²) in [6.45, 7) is 3.11. The van der Waals surface area contributed by atoms with E-state index in [4.69, 9.17) is 4.74 Å². The average molecular weight is 337 g/mol. The lowest BCUT2D eigenvalue weighted by molar-refractivity contribution is 0.0509. The van der Waals surface area contributed by atoms with Gasteiger partial charge in [-0.1, -0.05) is 6.07 Å². The first kappa shape index (κ1) is 15.6. The number of piperidine rings is 1. The van der Waals surface area contributed by atoms with Crippen LogP contribution >= 0.6 is 0 Å². The van der Waals surface area contributed by atoms with E-state index in [-0.39, 0.29) is 12.0 Å². The molecule has 0 bridgehead atoms. The Bertz CT molecular complexity index is 893. The molecule has 1 aliphatic heterocycles. The lowest BCUT2D eigenvalue weighted by atomic mass is 10.1. The van der Waals surface area contributed by atoms with E-state index < -0.39 is 0 Å². The fourth-order valence-corrected chi connectivity index (χ4v) is 3.24. The second-order valence-electron chi connectivity index (χ2n) is 6.14. The number of carbonyl (C=O) groups is 1. The SMILES string of the molecule is Cc1nc2ccccn2c1C(=O)N1CCCC(Oc2ncccn2)C1. The summed E-state index contributed by atoms with van der Waals surface area (Å²) in [4.78, 5) is 27.6. The van der Waals surface area contributed by atoms with E-state index in [0.717, 1.165) is 24.2 Å². The standard InChI is InChI=1S/C18H19N5O2/c1-13-16(23-11-3-2-7-15(23)21-13)17(24)22-10-4-6-14(12-22)25-18-19-8-5-9-20-18/h2-3,5,7-9,11,14H,4,6,10,12H2,1H3. The number of likely N-dealkylation sites (tertiary alicyclic amines) is 1. The molecule has 0 radical (unpaired) electrons. The number of ether oxygens (including phenoxy) is 1. The molecule has 0 N–H and O–H groups in total. The summed E-state index contributed by atoms with van der Waals surface area (Å²) in [5, 5.41) is 0. The normalized spacial score (nSPS) is 17.6. The van der Waals surface area contributed by atoms with Crippen molar-refractivity contribution in [3.8, 4) is 6.01 Å². The molecule has 7 heteroatoms. The number of aryl methyl sites for hydroxylation is 1. The lowest BCUT2D eigenvalue weighted by Crippen LogP contribution is -2.45. The molecule has 0 saturated carbocycles. The number of pyridine rings is 1. The quantitative estimate of drug-likeness (QED) is 0.732. The molecule has 1 fully saturated rings. The van der Waals surface area contributed by atoms with Crippen molar-refractivity contribution in [2.45, 2.75) is 25.9 Å². The minimum absolute atomic E-state index is 0.0153. The number of imidazole rings is 1. The Morgan fingerprint density at radius 2 is 2.08 bits per heavy atom. The fourth-order valence-electron chi connectivity index (χ4n) is 3.24. The van der Waals surface area contributed by atoms with E-state index >= 15 is 0 Å². The third-order valence-electron chi connectivity index (χ3n) is 4.39. The van der Waals surface area contributed by atoms with Crippen molar-refractivity contribution in [1.29, 1.82) is 0 Å². The maximum absolute atomic E-state index is 13.1. The van der Waals surface area contributed by atoms with Crippen LogP contribution in [0.1, 0.15) is 29.0 Å². The molecule has 1 aliphatic rings. The van der Waals surface area contributed by atoms with Crippen molar-refractivity contribution < 1.29 is 9.53 Å². The fraction of sp³-hybridized carbons (Fsp3) is 0.333. The molecular weight excluding hydrogens is 318 g/mol. The summed E-state index contributed by atoms with van der Waals surface area (Å²) in [6.07, 6.45) is 6.84. The van der Waals surface area contributed by atoms with E-state index in [1.807, 2.05) is 40.6 Å². The van der Waals surface area contributed by atoms with Crippen molar-refractivity contribution >= 4 is 11.6 Å². The van der Waals surface area contributed by atoms with Crippen LogP contribution in [0.5, 0.6) is 6.01 Å². The molecule has 0 aromatic carbocycles. The summed E-state index contributed by atoms with van der Waals surface area (Å²) >= 11 is 0. The highest BCUT2D eigenvalue weighted by Gasteiger charge is 2.29. The Hall–Kier alpha value is -2.96. The van der Waals surface area contributed by atoms with Gasteiger partial charge in [0, 0.05) is 25.1 Å². The van der Waals surface area contributed by atoms with Crippen LogP contribution < -0.4 is 4.74 Å². The van der Waals surface area contributed by atoms with Crippen LogP contribution in [0.15, 0.2) is 42.9 Å². The zero-order valence-corrected chi connectivity index (χ0v) is 14.0. The van der Waals surface area contributed by atoms with Gasteiger partial charge in [-0.25, -0.2) is 15.0 Å². The molecule has 3 aromatic heterocycles. The van der Waals surface area contributed by atoms with E-state index in [1.165, 1.54) is 0 Å². The molecule has 25 heavy (non-hydrogen) atoms. The Labute approximate surface area is 145 Å². The molecule has 0 aliphatic carbocycles. The van der Waals surface area contributed by atoms with Gasteiger partial charge in [-0.3, -0.25) is 9.20 Å². The Balaban J connectivity index is 1.54. The number of hydrogen-bond donors (Lipinski definition) is 0. The van der Waals surface area contributed by atoms with Crippen LogP contribution in [0.2, 0.25) is 0 Å². The molecule has 1 saturated heterocycles. The van der Waals surface area contributed by atoms with Gasteiger partial charge in [0.1, 0.15) is 17.4 Å². The van der Waals surface area contributed by atoms with Gasteiger partial charge in [0.2, 0.25) is 0 Å². The van der Waals surface area contributed by atoms with Gasteiger partial charge < -0.3 is 9.64 Å². The molecule has 4 heterocycles. The first-order valence-electron chi connectivity index (χ1n) is 8.39. The number of nitrogens with zero attached hydrogens (tertiary/aromatic N) is 5. The first-order chi connectivity index (χ1) is 12.2. The summed E-state index contributed by atoms with van der Waals surface area (Å²) in [7, 11) is 0. The van der Waals surface area contributed by atoms with E-state index in [9.17, 15) is 4.79 Å². The van der Waals surface area contributed by atoms with E-state index in [0.29, 0.717) is 24.8 Å². The molecule has 128 valence electrons. The highest BCUT2D eigenvalue weighted by Crippen LogP contribution is 2.19. The average Bonchev–Trinajstić information content (AvgIpc) is 2.98. The predicted molar refractivity (Wildman–Crippen MR) is 91.5 cm³/mol. The highest BCUT2D eigenvalue weighted by atomic mass is 16.5. The topological polar surface area (TPSA) is 72.6 Å². The molecule has 3 aromatic rings. The van der Waals surface area contributed by atoms with Gasteiger partial charge in [-0.05, 0) is 38.0 Å². The minimum atomic E-state index is -0.0976. The van der Waals surface area contributed by atoms with Crippen LogP contribution in [0.25, 0.3) is 5.65 Å². The molecule has 1 atom stereocenters. The predicted octanol–water partition coefficient (Wildman–Crippen LogP) is 2.12. The van der Waals surface area contributed by atoms with Crippen molar-refractivity contribution in [1.82, 2.24) is 24.3 Å².